The molecule has 3 heteroatoms. The number of hydrogen-bond donors (Lipinski definition) is 1. The minimum absolute atomic E-state index is 0.0852. The smallest absolute Gasteiger partial charge is 0.170 e. The third-order valence-electron chi connectivity index (χ3n) is 5.85. The molecule has 4 aromatic rings. The fourth-order valence-electron chi connectivity index (χ4n) is 4.33. The van der Waals surface area contributed by atoms with Crippen LogP contribution in [0.15, 0.2) is 95.4 Å². The molecule has 0 saturated carbocycles. The Balaban J connectivity index is 1.86. The Bertz CT molecular complexity index is 1200. The number of aliphatic hydroxyl groups is 1. The van der Waals surface area contributed by atoms with Gasteiger partial charge in [-0.1, -0.05) is 85.8 Å². The first-order valence-corrected chi connectivity index (χ1v) is 9.72. The van der Waals surface area contributed by atoms with Gasteiger partial charge < -0.3 is 9.52 Å². The second-order valence-electron chi connectivity index (χ2n) is 7.48. The monoisotopic (exact) mass is 380 g/mol. The summed E-state index contributed by atoms with van der Waals surface area (Å²) >= 11 is 0. The molecule has 0 aliphatic heterocycles. The summed E-state index contributed by atoms with van der Waals surface area (Å²) in [4.78, 5) is 13.4. The predicted octanol–water partition coefficient (Wildman–Crippen LogP) is 5.45. The molecule has 2 atom stereocenters. The molecule has 0 fully saturated rings. The first-order valence-electron chi connectivity index (χ1n) is 9.72. The van der Waals surface area contributed by atoms with Crippen LogP contribution in [0.4, 0.5) is 0 Å². The van der Waals surface area contributed by atoms with E-state index in [0.717, 1.165) is 16.5 Å². The topological polar surface area (TPSA) is 50.4 Å². The minimum Gasteiger partial charge on any atom is -0.456 e. The number of para-hydroxylation sites is 1. The van der Waals surface area contributed by atoms with Crippen molar-refractivity contribution in [3.05, 3.63) is 108 Å². The number of benzene rings is 3. The summed E-state index contributed by atoms with van der Waals surface area (Å²) in [5.41, 5.74) is 1.77. The van der Waals surface area contributed by atoms with Gasteiger partial charge in [0.15, 0.2) is 5.78 Å². The molecule has 2 unspecified atom stereocenters. The van der Waals surface area contributed by atoms with Crippen molar-refractivity contribution < 1.29 is 14.3 Å². The average molecular weight is 380 g/mol. The Morgan fingerprint density at radius 3 is 2.17 bits per heavy atom. The average Bonchev–Trinajstić information content (AvgIpc) is 3.28. The molecule has 0 amide bonds. The molecule has 5 rings (SSSR count). The first-order chi connectivity index (χ1) is 14.1. The van der Waals surface area contributed by atoms with Gasteiger partial charge in [0.2, 0.25) is 0 Å². The summed E-state index contributed by atoms with van der Waals surface area (Å²) in [5, 5.41) is 13.0. The van der Waals surface area contributed by atoms with Gasteiger partial charge in [-0.3, -0.25) is 4.79 Å². The van der Waals surface area contributed by atoms with E-state index in [4.69, 9.17) is 4.42 Å². The molecule has 0 saturated heterocycles. The van der Waals surface area contributed by atoms with E-state index in [1.165, 1.54) is 0 Å². The molecule has 1 aromatic heterocycles. The van der Waals surface area contributed by atoms with Crippen LogP contribution in [0.2, 0.25) is 0 Å². The molecular formula is C26H20O3. The largest absolute Gasteiger partial charge is 0.456 e. The fraction of sp³-hybridized carbons (Fsp3) is 0.115. The lowest BCUT2D eigenvalue weighted by molar-refractivity contribution is -0.121. The van der Waals surface area contributed by atoms with E-state index in [2.05, 4.69) is 0 Å². The van der Waals surface area contributed by atoms with E-state index in [9.17, 15) is 9.90 Å². The van der Waals surface area contributed by atoms with Crippen LogP contribution in [0.25, 0.3) is 22.1 Å². The van der Waals surface area contributed by atoms with Gasteiger partial charge in [0.1, 0.15) is 16.9 Å². The number of hydrogen-bond acceptors (Lipinski definition) is 3. The quantitative estimate of drug-likeness (QED) is 0.514. The molecule has 142 valence electrons. The van der Waals surface area contributed by atoms with Crippen LogP contribution in [0.3, 0.4) is 0 Å². The Labute approximate surface area is 168 Å². The zero-order chi connectivity index (χ0) is 20.0. The summed E-state index contributed by atoms with van der Waals surface area (Å²) in [6, 6.07) is 28.5. The number of allylic oxidation sites excluding steroid dienone is 1. The lowest BCUT2D eigenvalue weighted by Gasteiger charge is -2.30. The molecule has 1 aliphatic rings. The van der Waals surface area contributed by atoms with Crippen molar-refractivity contribution >= 4 is 27.9 Å². The minimum atomic E-state index is -1.47. The Hall–Kier alpha value is -3.43. The van der Waals surface area contributed by atoms with Gasteiger partial charge in [-0.2, -0.15) is 0 Å². The van der Waals surface area contributed by atoms with Crippen LogP contribution in [0, 0.1) is 5.92 Å². The highest BCUT2D eigenvalue weighted by molar-refractivity contribution is 6.33. The van der Waals surface area contributed by atoms with Crippen LogP contribution in [0.1, 0.15) is 23.8 Å². The maximum absolute atomic E-state index is 13.4. The maximum Gasteiger partial charge on any atom is 0.170 e. The second kappa shape index (κ2) is 6.57. The molecule has 1 heterocycles. The van der Waals surface area contributed by atoms with Crippen molar-refractivity contribution in [2.45, 2.75) is 12.5 Å². The first kappa shape index (κ1) is 17.7. The van der Waals surface area contributed by atoms with E-state index in [1.54, 1.807) is 6.92 Å². The zero-order valence-electron chi connectivity index (χ0n) is 16.0. The van der Waals surface area contributed by atoms with Crippen LogP contribution < -0.4 is 0 Å². The van der Waals surface area contributed by atoms with Crippen molar-refractivity contribution in [2.75, 3.05) is 0 Å². The number of fused-ring (bicyclic) bond motifs is 1. The third-order valence-corrected chi connectivity index (χ3v) is 5.85. The van der Waals surface area contributed by atoms with Gasteiger partial charge in [0.05, 0.1) is 5.92 Å². The summed E-state index contributed by atoms with van der Waals surface area (Å²) in [5.74, 6) is -0.199. The molecule has 3 nitrogen and oxygen atoms in total. The Morgan fingerprint density at radius 1 is 0.862 bits per heavy atom. The number of carbonyl (C=O) groups is 1. The van der Waals surface area contributed by atoms with Gasteiger partial charge in [0, 0.05) is 16.5 Å². The van der Waals surface area contributed by atoms with Crippen molar-refractivity contribution in [3.63, 3.8) is 0 Å². The molecular weight excluding hydrogens is 360 g/mol. The van der Waals surface area contributed by atoms with E-state index < -0.39 is 11.5 Å². The molecule has 3 aromatic carbocycles. The van der Waals surface area contributed by atoms with Gasteiger partial charge in [0.25, 0.3) is 0 Å². The van der Waals surface area contributed by atoms with Crippen molar-refractivity contribution in [1.82, 2.24) is 0 Å². The van der Waals surface area contributed by atoms with E-state index in [1.807, 2.05) is 91.0 Å². The lowest BCUT2D eigenvalue weighted by Crippen LogP contribution is -2.33. The zero-order valence-corrected chi connectivity index (χ0v) is 16.0. The summed E-state index contributed by atoms with van der Waals surface area (Å²) in [7, 11) is 0. The molecule has 1 N–H and O–H groups in total. The van der Waals surface area contributed by atoms with E-state index in [0.29, 0.717) is 22.5 Å². The Morgan fingerprint density at radius 2 is 1.48 bits per heavy atom. The molecule has 0 radical (unpaired) electrons. The summed E-state index contributed by atoms with van der Waals surface area (Å²) < 4.78 is 6.15. The second-order valence-corrected chi connectivity index (χ2v) is 7.48. The number of ketones is 1. The third kappa shape index (κ3) is 2.59. The van der Waals surface area contributed by atoms with Gasteiger partial charge in [-0.05, 0) is 23.3 Å². The van der Waals surface area contributed by atoms with Crippen molar-refractivity contribution in [2.24, 2.45) is 5.92 Å². The van der Waals surface area contributed by atoms with Crippen LogP contribution in [-0.4, -0.2) is 10.9 Å². The normalized spacial score (nSPS) is 21.9. The number of rotatable bonds is 3. The van der Waals surface area contributed by atoms with Gasteiger partial charge in [-0.15, -0.1) is 0 Å². The number of carbonyl (C=O) groups excluding carboxylic acids is 1. The van der Waals surface area contributed by atoms with E-state index in [-0.39, 0.29) is 5.78 Å². The highest BCUT2D eigenvalue weighted by atomic mass is 16.3. The van der Waals surface area contributed by atoms with Crippen LogP contribution in [-0.2, 0) is 10.4 Å². The standard InChI is InChI=1S/C26H20O3/c1-17-25(27)23(18-10-4-2-5-11-18)24(26(17,28)20-13-6-3-7-14-20)22-16-19-12-8-9-15-21(19)29-22/h2-17,28H,1H3. The number of Topliss-reactive ketones (excluding diaryl/α,β-unsaturated/α-hetero) is 1. The van der Waals surface area contributed by atoms with Crippen molar-refractivity contribution in [3.8, 4) is 0 Å². The van der Waals surface area contributed by atoms with Crippen LogP contribution in [0.5, 0.6) is 0 Å². The predicted molar refractivity (Wildman–Crippen MR) is 114 cm³/mol. The van der Waals surface area contributed by atoms with E-state index >= 15 is 0 Å². The highest BCUT2D eigenvalue weighted by Crippen LogP contribution is 2.53. The number of furan rings is 1. The summed E-state index contributed by atoms with van der Waals surface area (Å²) in [6.45, 7) is 1.79. The Kier molecular flexibility index (Phi) is 4.00. The fourth-order valence-corrected chi connectivity index (χ4v) is 4.33. The van der Waals surface area contributed by atoms with Gasteiger partial charge in [-0.25, -0.2) is 0 Å². The molecule has 29 heavy (non-hydrogen) atoms. The maximum atomic E-state index is 13.4. The molecule has 1 aliphatic carbocycles. The summed E-state index contributed by atoms with van der Waals surface area (Å²) in [6.07, 6.45) is 0. The molecule has 0 spiro atoms. The lowest BCUT2D eigenvalue weighted by atomic mass is 9.79. The van der Waals surface area contributed by atoms with Crippen molar-refractivity contribution in [1.29, 1.82) is 0 Å². The van der Waals surface area contributed by atoms with Gasteiger partial charge >= 0.3 is 0 Å². The van der Waals surface area contributed by atoms with Crippen LogP contribution >= 0.6 is 0 Å². The molecule has 0 bridgehead atoms. The SMILES string of the molecule is CC1C(=O)C(c2ccccc2)=C(c2cc3ccccc3o2)C1(O)c1ccccc1. The highest BCUT2D eigenvalue weighted by Gasteiger charge is 2.53.